The van der Waals surface area contributed by atoms with Gasteiger partial charge in [-0.05, 0) is 17.7 Å². The van der Waals surface area contributed by atoms with Gasteiger partial charge in [0, 0.05) is 23.0 Å². The number of aliphatic hydroxyl groups excluding tert-OH is 1. The molecular formula is C15H14ClNO3S. The summed E-state index contributed by atoms with van der Waals surface area (Å²) in [5, 5.41) is 12.7. The van der Waals surface area contributed by atoms with Crippen molar-refractivity contribution in [3.63, 3.8) is 0 Å². The monoisotopic (exact) mass is 323 g/mol. The number of esters is 1. The van der Waals surface area contributed by atoms with Crippen molar-refractivity contribution in [1.82, 2.24) is 4.98 Å². The average Bonchev–Trinajstić information content (AvgIpc) is 3.00. The van der Waals surface area contributed by atoms with Crippen molar-refractivity contribution in [3.05, 3.63) is 63.6 Å². The summed E-state index contributed by atoms with van der Waals surface area (Å²) in [6, 6.07) is 7.33. The largest absolute Gasteiger partial charge is 0.462 e. The predicted molar refractivity (Wildman–Crippen MR) is 82.3 cm³/mol. The Hall–Kier alpha value is -1.69. The van der Waals surface area contributed by atoms with Crippen molar-refractivity contribution < 1.29 is 14.6 Å². The minimum Gasteiger partial charge on any atom is -0.462 e. The van der Waals surface area contributed by atoms with E-state index in [4.69, 9.17) is 16.3 Å². The van der Waals surface area contributed by atoms with E-state index in [0.717, 1.165) is 5.56 Å². The Morgan fingerprint density at radius 1 is 1.52 bits per heavy atom. The lowest BCUT2D eigenvalue weighted by Crippen LogP contribution is -2.15. The van der Waals surface area contributed by atoms with Gasteiger partial charge in [-0.25, -0.2) is 9.78 Å². The van der Waals surface area contributed by atoms with Crippen LogP contribution in [0.1, 0.15) is 16.7 Å². The molecule has 0 aliphatic carbocycles. The SMILES string of the molecule is C=C(C(=O)OCCc1cccc(Cl)c1)C(O)c1nccs1. The third-order valence-electron chi connectivity index (χ3n) is 2.79. The normalized spacial score (nSPS) is 11.9. The van der Waals surface area contributed by atoms with Gasteiger partial charge >= 0.3 is 5.97 Å². The molecule has 1 N–H and O–H groups in total. The van der Waals surface area contributed by atoms with Crippen LogP contribution in [0.5, 0.6) is 0 Å². The van der Waals surface area contributed by atoms with Gasteiger partial charge in [-0.3, -0.25) is 0 Å². The number of aliphatic hydroxyl groups is 1. The second-order valence-electron chi connectivity index (χ2n) is 4.31. The molecule has 0 saturated carbocycles. The van der Waals surface area contributed by atoms with Crippen LogP contribution < -0.4 is 0 Å². The molecule has 0 aliphatic rings. The van der Waals surface area contributed by atoms with Gasteiger partial charge in [0.25, 0.3) is 0 Å². The molecule has 1 aromatic carbocycles. The van der Waals surface area contributed by atoms with E-state index in [0.29, 0.717) is 16.5 Å². The van der Waals surface area contributed by atoms with Crippen molar-refractivity contribution in [2.24, 2.45) is 0 Å². The van der Waals surface area contributed by atoms with E-state index in [9.17, 15) is 9.90 Å². The number of halogens is 1. The van der Waals surface area contributed by atoms with Gasteiger partial charge in [-0.15, -0.1) is 11.3 Å². The maximum Gasteiger partial charge on any atom is 0.336 e. The lowest BCUT2D eigenvalue weighted by atomic mass is 10.1. The summed E-state index contributed by atoms with van der Waals surface area (Å²) in [6.45, 7) is 3.77. The maximum absolute atomic E-state index is 11.8. The molecule has 1 heterocycles. The van der Waals surface area contributed by atoms with Gasteiger partial charge in [-0.2, -0.15) is 0 Å². The third-order valence-corrected chi connectivity index (χ3v) is 3.85. The first-order valence-corrected chi connectivity index (χ1v) is 7.51. The van der Waals surface area contributed by atoms with E-state index in [1.165, 1.54) is 11.3 Å². The zero-order chi connectivity index (χ0) is 15.2. The second kappa shape index (κ2) is 7.36. The van der Waals surface area contributed by atoms with Gasteiger partial charge in [0.1, 0.15) is 11.1 Å². The van der Waals surface area contributed by atoms with E-state index in [2.05, 4.69) is 11.6 Å². The first-order chi connectivity index (χ1) is 10.1. The van der Waals surface area contributed by atoms with Crippen LogP contribution in [0.25, 0.3) is 0 Å². The number of carbonyl (C=O) groups is 1. The number of thiazole rings is 1. The van der Waals surface area contributed by atoms with Gasteiger partial charge in [0.2, 0.25) is 0 Å². The van der Waals surface area contributed by atoms with E-state index in [1.807, 2.05) is 18.2 Å². The Labute approximate surface area is 131 Å². The van der Waals surface area contributed by atoms with Crippen LogP contribution in [0.3, 0.4) is 0 Å². The van der Waals surface area contributed by atoms with Crippen LogP contribution in [0.2, 0.25) is 5.02 Å². The number of hydrogen-bond acceptors (Lipinski definition) is 5. The van der Waals surface area contributed by atoms with Crippen molar-refractivity contribution in [3.8, 4) is 0 Å². The number of rotatable bonds is 6. The van der Waals surface area contributed by atoms with Crippen molar-refractivity contribution in [2.45, 2.75) is 12.5 Å². The van der Waals surface area contributed by atoms with Crippen LogP contribution in [0.15, 0.2) is 48.0 Å². The molecule has 2 aromatic rings. The molecule has 1 unspecified atom stereocenters. The Bertz CT molecular complexity index is 628. The summed E-state index contributed by atoms with van der Waals surface area (Å²) < 4.78 is 5.10. The number of ether oxygens (including phenoxy) is 1. The van der Waals surface area contributed by atoms with E-state index < -0.39 is 12.1 Å². The Balaban J connectivity index is 1.83. The van der Waals surface area contributed by atoms with Crippen LogP contribution in [-0.2, 0) is 16.0 Å². The maximum atomic E-state index is 11.8. The van der Waals surface area contributed by atoms with Crippen LogP contribution >= 0.6 is 22.9 Å². The minimum absolute atomic E-state index is 0.0176. The highest BCUT2D eigenvalue weighted by Gasteiger charge is 2.21. The fourth-order valence-corrected chi connectivity index (χ4v) is 2.54. The molecule has 6 heteroatoms. The highest BCUT2D eigenvalue weighted by atomic mass is 35.5. The summed E-state index contributed by atoms with van der Waals surface area (Å²) in [5.41, 5.74) is 0.956. The zero-order valence-corrected chi connectivity index (χ0v) is 12.7. The smallest absolute Gasteiger partial charge is 0.336 e. The standard InChI is InChI=1S/C15H14ClNO3S/c1-10(13(18)14-17-6-8-21-14)15(19)20-7-5-11-3-2-4-12(16)9-11/h2-4,6,8-9,13,18H,1,5,7H2. The van der Waals surface area contributed by atoms with Crippen LogP contribution in [-0.4, -0.2) is 22.7 Å². The molecule has 2 rings (SSSR count). The lowest BCUT2D eigenvalue weighted by molar-refractivity contribution is -0.140. The summed E-state index contributed by atoms with van der Waals surface area (Å²) >= 11 is 7.13. The van der Waals surface area contributed by atoms with Crippen LogP contribution in [0.4, 0.5) is 0 Å². The Morgan fingerprint density at radius 3 is 3.00 bits per heavy atom. The molecule has 0 amide bonds. The molecule has 4 nitrogen and oxygen atoms in total. The quantitative estimate of drug-likeness (QED) is 0.655. The van der Waals surface area contributed by atoms with Gasteiger partial charge in [0.05, 0.1) is 12.2 Å². The number of hydrogen-bond donors (Lipinski definition) is 1. The lowest BCUT2D eigenvalue weighted by Gasteiger charge is -2.11. The summed E-state index contributed by atoms with van der Waals surface area (Å²) in [4.78, 5) is 15.7. The van der Waals surface area contributed by atoms with Crippen molar-refractivity contribution in [1.29, 1.82) is 0 Å². The van der Waals surface area contributed by atoms with E-state index in [1.54, 1.807) is 17.6 Å². The predicted octanol–water partition coefficient (Wildman–Crippen LogP) is 3.17. The molecule has 1 atom stereocenters. The summed E-state index contributed by atoms with van der Waals surface area (Å²) in [5.74, 6) is -0.625. The van der Waals surface area contributed by atoms with Gasteiger partial charge in [0.15, 0.2) is 0 Å². The fourth-order valence-electron chi connectivity index (χ4n) is 1.68. The first kappa shape index (κ1) is 15.7. The molecular weight excluding hydrogens is 310 g/mol. The average molecular weight is 324 g/mol. The van der Waals surface area contributed by atoms with E-state index >= 15 is 0 Å². The van der Waals surface area contributed by atoms with Gasteiger partial charge in [-0.1, -0.05) is 30.3 Å². The number of aromatic nitrogens is 1. The third kappa shape index (κ3) is 4.39. The Kier molecular flexibility index (Phi) is 5.50. The highest BCUT2D eigenvalue weighted by Crippen LogP contribution is 2.23. The molecule has 0 bridgehead atoms. The van der Waals surface area contributed by atoms with Crippen molar-refractivity contribution in [2.75, 3.05) is 6.61 Å². The molecule has 0 fully saturated rings. The highest BCUT2D eigenvalue weighted by molar-refractivity contribution is 7.09. The number of carbonyl (C=O) groups excluding carboxylic acids is 1. The van der Waals surface area contributed by atoms with E-state index in [-0.39, 0.29) is 12.2 Å². The topological polar surface area (TPSA) is 59.4 Å². The van der Waals surface area contributed by atoms with Crippen molar-refractivity contribution >= 4 is 28.9 Å². The molecule has 0 saturated heterocycles. The zero-order valence-electron chi connectivity index (χ0n) is 11.2. The fraction of sp³-hybridized carbons (Fsp3) is 0.200. The second-order valence-corrected chi connectivity index (χ2v) is 5.68. The number of nitrogens with zero attached hydrogens (tertiary/aromatic N) is 1. The van der Waals surface area contributed by atoms with Crippen LogP contribution in [0, 0.1) is 0 Å². The molecule has 0 spiro atoms. The minimum atomic E-state index is -1.12. The molecule has 1 aromatic heterocycles. The number of benzene rings is 1. The summed E-state index contributed by atoms with van der Waals surface area (Å²) in [7, 11) is 0. The molecule has 0 aliphatic heterocycles. The molecule has 0 radical (unpaired) electrons. The van der Waals surface area contributed by atoms with Gasteiger partial charge < -0.3 is 9.84 Å². The molecule has 110 valence electrons. The first-order valence-electron chi connectivity index (χ1n) is 6.25. The Morgan fingerprint density at radius 2 is 2.33 bits per heavy atom. The molecule has 21 heavy (non-hydrogen) atoms. The summed E-state index contributed by atoms with van der Waals surface area (Å²) in [6.07, 6.45) is 0.983.